The lowest BCUT2D eigenvalue weighted by atomic mass is 10.2. The smallest absolute Gasteiger partial charge is 0.312 e. The van der Waals surface area contributed by atoms with E-state index in [0.29, 0.717) is 19.4 Å². The quantitative estimate of drug-likeness (QED) is 0.510. The van der Waals surface area contributed by atoms with Crippen LogP contribution in [0.2, 0.25) is 0 Å². The van der Waals surface area contributed by atoms with E-state index in [1.165, 1.54) is 0 Å². The minimum absolute atomic E-state index is 0.148. The van der Waals surface area contributed by atoms with Crippen molar-refractivity contribution in [3.63, 3.8) is 0 Å². The molecule has 2 atom stereocenters. The van der Waals surface area contributed by atoms with E-state index in [0.717, 1.165) is 0 Å². The number of ether oxygens (including phenoxy) is 1. The molecule has 5 N–H and O–H groups in total. The van der Waals surface area contributed by atoms with E-state index in [2.05, 4.69) is 5.32 Å². The number of amides is 3. The topological polar surface area (TPSA) is 107 Å². The van der Waals surface area contributed by atoms with Gasteiger partial charge in [0, 0.05) is 6.54 Å². The van der Waals surface area contributed by atoms with Gasteiger partial charge in [0.1, 0.15) is 6.10 Å². The maximum absolute atomic E-state index is 10.7. The monoisotopic (exact) mass is 187 g/mol. The van der Waals surface area contributed by atoms with E-state index in [1.807, 2.05) is 0 Å². The highest BCUT2D eigenvalue weighted by Gasteiger charge is 2.28. The number of rotatable bonds is 3. The predicted octanol–water partition coefficient (Wildman–Crippen LogP) is -1.31. The zero-order valence-corrected chi connectivity index (χ0v) is 7.16. The Morgan fingerprint density at radius 2 is 2.08 bits per heavy atom. The van der Waals surface area contributed by atoms with Crippen LogP contribution in [-0.2, 0) is 9.53 Å². The van der Waals surface area contributed by atoms with Gasteiger partial charge in [-0.05, 0) is 12.8 Å². The summed E-state index contributed by atoms with van der Waals surface area (Å²) < 4.78 is 5.23. The molecule has 2 unspecified atom stereocenters. The fraction of sp³-hybridized carbons (Fsp3) is 0.714. The molecule has 13 heavy (non-hydrogen) atoms. The van der Waals surface area contributed by atoms with Gasteiger partial charge >= 0.3 is 6.03 Å². The second-order valence-corrected chi connectivity index (χ2v) is 2.97. The van der Waals surface area contributed by atoms with Crippen LogP contribution in [0.15, 0.2) is 0 Å². The predicted molar refractivity (Wildman–Crippen MR) is 44.7 cm³/mol. The largest absolute Gasteiger partial charge is 0.367 e. The molecule has 3 amide bonds. The summed E-state index contributed by atoms with van der Waals surface area (Å²) in [4.78, 5) is 21.0. The maximum atomic E-state index is 10.7. The zero-order valence-electron chi connectivity index (χ0n) is 7.16. The molecule has 1 fully saturated rings. The van der Waals surface area contributed by atoms with Crippen LogP contribution in [0.1, 0.15) is 12.8 Å². The van der Waals surface area contributed by atoms with Gasteiger partial charge < -0.3 is 21.5 Å². The molecule has 6 heteroatoms. The summed E-state index contributed by atoms with van der Waals surface area (Å²) >= 11 is 0. The molecular formula is C7H13N3O3. The van der Waals surface area contributed by atoms with E-state index < -0.39 is 18.0 Å². The Bertz CT molecular complexity index is 219. The average molecular weight is 187 g/mol. The Morgan fingerprint density at radius 3 is 2.54 bits per heavy atom. The molecule has 1 heterocycles. The molecule has 0 spiro atoms. The number of carbonyl (C=O) groups is 2. The molecule has 0 aromatic heterocycles. The number of hydrogen-bond acceptors (Lipinski definition) is 3. The van der Waals surface area contributed by atoms with Gasteiger partial charge in [-0.3, -0.25) is 4.79 Å². The van der Waals surface area contributed by atoms with E-state index >= 15 is 0 Å². The van der Waals surface area contributed by atoms with E-state index in [1.54, 1.807) is 0 Å². The molecule has 0 aliphatic carbocycles. The summed E-state index contributed by atoms with van der Waals surface area (Å²) in [5.41, 5.74) is 9.91. The molecule has 0 saturated carbocycles. The zero-order chi connectivity index (χ0) is 9.84. The first-order chi connectivity index (χ1) is 6.09. The molecule has 0 aromatic rings. The Morgan fingerprint density at radius 1 is 1.38 bits per heavy atom. The number of nitrogens with two attached hydrogens (primary N) is 2. The van der Waals surface area contributed by atoms with Gasteiger partial charge in [-0.2, -0.15) is 0 Å². The molecule has 0 aromatic carbocycles. The summed E-state index contributed by atoms with van der Waals surface area (Å²) in [6, 6.07) is -0.592. The van der Waals surface area contributed by atoms with Crippen LogP contribution < -0.4 is 16.8 Å². The third-order valence-electron chi connectivity index (χ3n) is 1.93. The highest BCUT2D eigenvalue weighted by molar-refractivity contribution is 5.79. The Kier molecular flexibility index (Phi) is 3.07. The van der Waals surface area contributed by atoms with Gasteiger partial charge in [0.2, 0.25) is 5.91 Å². The Hall–Kier alpha value is -1.30. The molecule has 1 aliphatic heterocycles. The Labute approximate surface area is 75.6 Å². The van der Waals surface area contributed by atoms with Gasteiger partial charge in [0.25, 0.3) is 0 Å². The third-order valence-corrected chi connectivity index (χ3v) is 1.93. The second kappa shape index (κ2) is 4.08. The van der Waals surface area contributed by atoms with Crippen LogP contribution >= 0.6 is 0 Å². The van der Waals surface area contributed by atoms with Gasteiger partial charge in [-0.1, -0.05) is 0 Å². The summed E-state index contributed by atoms with van der Waals surface area (Å²) in [6.45, 7) is 0.332. The number of primary amides is 2. The molecule has 74 valence electrons. The van der Waals surface area contributed by atoms with E-state index in [9.17, 15) is 9.59 Å². The summed E-state index contributed by atoms with van der Waals surface area (Å²) in [6.07, 6.45) is 0.665. The average Bonchev–Trinajstić information content (AvgIpc) is 2.48. The van der Waals surface area contributed by atoms with Crippen molar-refractivity contribution >= 4 is 11.9 Å². The van der Waals surface area contributed by atoms with Crippen molar-refractivity contribution in [2.45, 2.75) is 25.0 Å². The lowest BCUT2D eigenvalue weighted by Gasteiger charge is -2.10. The summed E-state index contributed by atoms with van der Waals surface area (Å²) in [5.74, 6) is -0.457. The first-order valence-electron chi connectivity index (χ1n) is 4.07. The molecule has 1 rings (SSSR count). The summed E-state index contributed by atoms with van der Waals surface area (Å²) in [5, 5.41) is 2.41. The van der Waals surface area contributed by atoms with Crippen molar-refractivity contribution in [2.24, 2.45) is 11.5 Å². The van der Waals surface area contributed by atoms with Crippen molar-refractivity contribution in [1.29, 1.82) is 0 Å². The third kappa shape index (κ3) is 2.90. The van der Waals surface area contributed by atoms with Gasteiger partial charge in [0.15, 0.2) is 0 Å². The van der Waals surface area contributed by atoms with Crippen LogP contribution in [0.4, 0.5) is 4.79 Å². The van der Waals surface area contributed by atoms with Crippen LogP contribution in [-0.4, -0.2) is 30.7 Å². The molecular weight excluding hydrogens is 174 g/mol. The van der Waals surface area contributed by atoms with E-state index in [-0.39, 0.29) is 6.10 Å². The summed E-state index contributed by atoms with van der Waals surface area (Å²) in [7, 11) is 0. The number of urea groups is 1. The van der Waals surface area contributed by atoms with Gasteiger partial charge in [-0.25, -0.2) is 4.79 Å². The second-order valence-electron chi connectivity index (χ2n) is 2.97. The van der Waals surface area contributed by atoms with Gasteiger partial charge in [-0.15, -0.1) is 0 Å². The number of hydrogen-bond donors (Lipinski definition) is 3. The lowest BCUT2D eigenvalue weighted by molar-refractivity contribution is -0.128. The molecule has 1 saturated heterocycles. The minimum atomic E-state index is -0.592. The van der Waals surface area contributed by atoms with Crippen molar-refractivity contribution < 1.29 is 14.3 Å². The fourth-order valence-electron chi connectivity index (χ4n) is 1.28. The first kappa shape index (κ1) is 9.79. The van der Waals surface area contributed by atoms with Crippen molar-refractivity contribution in [2.75, 3.05) is 6.54 Å². The van der Waals surface area contributed by atoms with Gasteiger partial charge in [0.05, 0.1) is 6.10 Å². The Balaban J connectivity index is 2.25. The van der Waals surface area contributed by atoms with Crippen molar-refractivity contribution in [1.82, 2.24) is 5.32 Å². The minimum Gasteiger partial charge on any atom is -0.367 e. The fourth-order valence-corrected chi connectivity index (χ4v) is 1.28. The van der Waals surface area contributed by atoms with Crippen LogP contribution in [0.5, 0.6) is 0 Å². The highest BCUT2D eigenvalue weighted by Crippen LogP contribution is 2.18. The normalized spacial score (nSPS) is 27.1. The van der Waals surface area contributed by atoms with E-state index in [4.69, 9.17) is 16.2 Å². The molecule has 6 nitrogen and oxygen atoms in total. The standard InChI is InChI=1S/C7H13N3O3/c8-6(11)5-2-1-4(13-5)3-10-7(9)12/h4-5H,1-3H2,(H2,8,11)(H3,9,10,12). The first-order valence-corrected chi connectivity index (χ1v) is 4.07. The maximum Gasteiger partial charge on any atom is 0.312 e. The van der Waals surface area contributed by atoms with Crippen LogP contribution in [0, 0.1) is 0 Å². The molecule has 0 bridgehead atoms. The number of nitrogens with one attached hydrogen (secondary N) is 1. The lowest BCUT2D eigenvalue weighted by Crippen LogP contribution is -2.37. The highest BCUT2D eigenvalue weighted by atomic mass is 16.5. The number of carbonyl (C=O) groups excluding carboxylic acids is 2. The SMILES string of the molecule is NC(=O)NCC1CCC(C(N)=O)O1. The molecule has 1 aliphatic rings. The van der Waals surface area contributed by atoms with Crippen LogP contribution in [0.3, 0.4) is 0 Å². The molecule has 0 radical (unpaired) electrons. The van der Waals surface area contributed by atoms with Crippen molar-refractivity contribution in [3.8, 4) is 0 Å². The van der Waals surface area contributed by atoms with Crippen molar-refractivity contribution in [3.05, 3.63) is 0 Å². The van der Waals surface area contributed by atoms with Crippen LogP contribution in [0.25, 0.3) is 0 Å².